The SMILES string of the molecule is N#C/C(C(N)=O)=C1\SC=C(c2ccc(Br)cc2)N1Cc1ccccc1. The summed E-state index contributed by atoms with van der Waals surface area (Å²) in [6.07, 6.45) is 0. The van der Waals surface area contributed by atoms with Crippen LogP contribution in [0.3, 0.4) is 0 Å². The molecule has 0 aliphatic carbocycles. The number of nitriles is 1. The molecule has 1 amide bonds. The van der Waals surface area contributed by atoms with Crippen molar-refractivity contribution in [2.75, 3.05) is 0 Å². The third-order valence-electron chi connectivity index (χ3n) is 3.71. The number of nitrogens with two attached hydrogens (primary N) is 1. The number of halogens is 1. The van der Waals surface area contributed by atoms with Crippen molar-refractivity contribution in [2.45, 2.75) is 6.54 Å². The third-order valence-corrected chi connectivity index (χ3v) is 5.23. The molecule has 2 aromatic rings. The van der Waals surface area contributed by atoms with E-state index in [4.69, 9.17) is 5.73 Å². The van der Waals surface area contributed by atoms with Crippen molar-refractivity contribution in [1.82, 2.24) is 4.90 Å². The van der Waals surface area contributed by atoms with E-state index >= 15 is 0 Å². The van der Waals surface area contributed by atoms with E-state index in [1.807, 2.05) is 71.0 Å². The van der Waals surface area contributed by atoms with E-state index in [2.05, 4.69) is 15.9 Å². The molecule has 0 aromatic heterocycles. The van der Waals surface area contributed by atoms with E-state index in [-0.39, 0.29) is 5.57 Å². The van der Waals surface area contributed by atoms with Gasteiger partial charge in [-0.15, -0.1) is 0 Å². The highest BCUT2D eigenvalue weighted by molar-refractivity contribution is 9.10. The molecule has 3 rings (SSSR count). The third kappa shape index (κ3) is 3.78. The fourth-order valence-electron chi connectivity index (χ4n) is 2.52. The lowest BCUT2D eigenvalue weighted by Gasteiger charge is -2.24. The van der Waals surface area contributed by atoms with Crippen molar-refractivity contribution in [3.8, 4) is 6.07 Å². The molecule has 1 heterocycles. The minimum atomic E-state index is -0.714. The lowest BCUT2D eigenvalue weighted by atomic mass is 10.1. The first-order chi connectivity index (χ1) is 12.1. The zero-order valence-corrected chi connectivity index (χ0v) is 15.5. The monoisotopic (exact) mass is 411 g/mol. The summed E-state index contributed by atoms with van der Waals surface area (Å²) in [6, 6.07) is 19.7. The molecule has 25 heavy (non-hydrogen) atoms. The van der Waals surface area contributed by atoms with Crippen LogP contribution in [0.4, 0.5) is 0 Å². The van der Waals surface area contributed by atoms with Gasteiger partial charge < -0.3 is 10.6 Å². The summed E-state index contributed by atoms with van der Waals surface area (Å²) in [7, 11) is 0. The van der Waals surface area contributed by atoms with Gasteiger partial charge in [-0.1, -0.05) is 70.2 Å². The molecule has 0 spiro atoms. The molecule has 1 aliphatic heterocycles. The van der Waals surface area contributed by atoms with Crippen LogP contribution in [0.2, 0.25) is 0 Å². The zero-order valence-electron chi connectivity index (χ0n) is 13.1. The predicted molar refractivity (Wildman–Crippen MR) is 104 cm³/mol. The Balaban J connectivity index is 2.04. The Morgan fingerprint density at radius 1 is 1.16 bits per heavy atom. The number of thioether (sulfide) groups is 1. The maximum absolute atomic E-state index is 11.7. The van der Waals surface area contributed by atoms with E-state index in [0.29, 0.717) is 11.6 Å². The molecule has 2 aromatic carbocycles. The molecule has 0 bridgehead atoms. The van der Waals surface area contributed by atoms with Crippen LogP contribution in [0.5, 0.6) is 0 Å². The zero-order chi connectivity index (χ0) is 17.8. The average Bonchev–Trinajstić information content (AvgIpc) is 3.00. The Morgan fingerprint density at radius 3 is 2.44 bits per heavy atom. The van der Waals surface area contributed by atoms with Crippen LogP contribution in [-0.4, -0.2) is 10.8 Å². The molecular weight excluding hydrogens is 398 g/mol. The smallest absolute Gasteiger partial charge is 0.262 e. The summed E-state index contributed by atoms with van der Waals surface area (Å²) in [4.78, 5) is 13.6. The number of benzene rings is 2. The molecule has 1 aliphatic rings. The molecule has 4 nitrogen and oxygen atoms in total. The first-order valence-corrected chi connectivity index (χ1v) is 9.16. The number of carbonyl (C=O) groups is 1. The summed E-state index contributed by atoms with van der Waals surface area (Å²) in [6.45, 7) is 0.545. The van der Waals surface area contributed by atoms with Gasteiger partial charge >= 0.3 is 0 Å². The highest BCUT2D eigenvalue weighted by atomic mass is 79.9. The van der Waals surface area contributed by atoms with Gasteiger partial charge in [0.1, 0.15) is 16.7 Å². The fourth-order valence-corrected chi connectivity index (χ4v) is 3.82. The van der Waals surface area contributed by atoms with Gasteiger partial charge in [0.2, 0.25) is 0 Å². The molecule has 124 valence electrons. The molecule has 0 radical (unpaired) electrons. The molecule has 6 heteroatoms. The molecular formula is C19H14BrN3OS. The van der Waals surface area contributed by atoms with E-state index in [1.54, 1.807) is 0 Å². The summed E-state index contributed by atoms with van der Waals surface area (Å²) in [5.74, 6) is -0.714. The largest absolute Gasteiger partial charge is 0.365 e. The quantitative estimate of drug-likeness (QED) is 0.603. The Labute approximate surface area is 158 Å². The van der Waals surface area contributed by atoms with E-state index in [1.165, 1.54) is 11.8 Å². The molecule has 0 saturated carbocycles. The predicted octanol–water partition coefficient (Wildman–Crippen LogP) is 4.22. The van der Waals surface area contributed by atoms with Gasteiger partial charge in [0, 0.05) is 16.4 Å². The normalized spacial score (nSPS) is 15.5. The topological polar surface area (TPSA) is 70.1 Å². The van der Waals surface area contributed by atoms with E-state index in [0.717, 1.165) is 21.3 Å². The number of rotatable bonds is 4. The lowest BCUT2D eigenvalue weighted by molar-refractivity contribution is -0.114. The van der Waals surface area contributed by atoms with Crippen LogP contribution in [0.25, 0.3) is 5.70 Å². The maximum atomic E-state index is 11.7. The van der Waals surface area contributed by atoms with Crippen LogP contribution in [-0.2, 0) is 11.3 Å². The van der Waals surface area contributed by atoms with Crippen LogP contribution < -0.4 is 5.73 Å². The van der Waals surface area contributed by atoms with Gasteiger partial charge in [-0.05, 0) is 23.3 Å². The van der Waals surface area contributed by atoms with Crippen molar-refractivity contribution >= 4 is 39.3 Å². The molecule has 0 atom stereocenters. The number of hydrogen-bond acceptors (Lipinski definition) is 4. The fraction of sp³-hybridized carbons (Fsp3) is 0.0526. The number of hydrogen-bond donors (Lipinski definition) is 1. The minimum absolute atomic E-state index is 0.0238. The maximum Gasteiger partial charge on any atom is 0.262 e. The second-order valence-electron chi connectivity index (χ2n) is 5.36. The Bertz CT molecular complexity index is 899. The van der Waals surface area contributed by atoms with Gasteiger partial charge in [-0.2, -0.15) is 5.26 Å². The van der Waals surface area contributed by atoms with Crippen LogP contribution >= 0.6 is 27.7 Å². The lowest BCUT2D eigenvalue weighted by Crippen LogP contribution is -2.22. The number of nitrogens with zero attached hydrogens (tertiary/aromatic N) is 2. The van der Waals surface area contributed by atoms with Crippen LogP contribution in [0.15, 0.2) is 75.1 Å². The van der Waals surface area contributed by atoms with Gasteiger partial charge in [-0.3, -0.25) is 4.79 Å². The van der Waals surface area contributed by atoms with Crippen LogP contribution in [0.1, 0.15) is 11.1 Å². The average molecular weight is 412 g/mol. The Morgan fingerprint density at radius 2 is 1.84 bits per heavy atom. The van der Waals surface area contributed by atoms with Crippen LogP contribution in [0, 0.1) is 11.3 Å². The second kappa shape index (κ2) is 7.60. The summed E-state index contributed by atoms with van der Waals surface area (Å²) >= 11 is 4.78. The number of carbonyl (C=O) groups excluding carboxylic acids is 1. The van der Waals surface area contributed by atoms with Crippen molar-refractivity contribution in [1.29, 1.82) is 5.26 Å². The van der Waals surface area contributed by atoms with Crippen molar-refractivity contribution in [3.05, 3.63) is 86.2 Å². The van der Waals surface area contributed by atoms with Crippen molar-refractivity contribution in [3.63, 3.8) is 0 Å². The van der Waals surface area contributed by atoms with Gasteiger partial charge in [0.15, 0.2) is 0 Å². The van der Waals surface area contributed by atoms with Crippen molar-refractivity contribution in [2.24, 2.45) is 5.73 Å². The first-order valence-electron chi connectivity index (χ1n) is 7.48. The number of primary amides is 1. The van der Waals surface area contributed by atoms with Gasteiger partial charge in [0.25, 0.3) is 5.91 Å². The second-order valence-corrected chi connectivity index (χ2v) is 7.13. The molecule has 0 saturated heterocycles. The highest BCUT2D eigenvalue weighted by Crippen LogP contribution is 2.42. The van der Waals surface area contributed by atoms with E-state index in [9.17, 15) is 10.1 Å². The molecule has 0 fully saturated rings. The number of amides is 1. The van der Waals surface area contributed by atoms with Gasteiger partial charge in [0.05, 0.1) is 5.70 Å². The first kappa shape index (κ1) is 17.3. The summed E-state index contributed by atoms with van der Waals surface area (Å²) < 4.78 is 0.989. The van der Waals surface area contributed by atoms with Crippen molar-refractivity contribution < 1.29 is 4.79 Å². The molecule has 2 N–H and O–H groups in total. The standard InChI is InChI=1S/C19H14BrN3OS/c20-15-8-6-14(7-9-15)17-12-25-19(16(10-21)18(22)24)23(17)11-13-4-2-1-3-5-13/h1-9,12H,11H2,(H2,22,24)/b19-16+. The van der Waals surface area contributed by atoms with E-state index < -0.39 is 5.91 Å². The Hall–Kier alpha value is -2.49. The highest BCUT2D eigenvalue weighted by Gasteiger charge is 2.27. The summed E-state index contributed by atoms with van der Waals surface area (Å²) in [5, 5.41) is 11.9. The molecule has 0 unspecified atom stereocenters. The summed E-state index contributed by atoms with van der Waals surface area (Å²) in [5.41, 5.74) is 8.39. The Kier molecular flexibility index (Phi) is 5.27. The van der Waals surface area contributed by atoms with Gasteiger partial charge in [-0.25, -0.2) is 0 Å². The minimum Gasteiger partial charge on any atom is -0.365 e.